The molecule has 0 spiro atoms. The van der Waals surface area contributed by atoms with Crippen LogP contribution in [0.5, 0.6) is 0 Å². The van der Waals surface area contributed by atoms with Crippen LogP contribution in [0.1, 0.15) is 43.1 Å². The monoisotopic (exact) mass is 354 g/mol. The molecule has 130 valence electrons. The lowest BCUT2D eigenvalue weighted by molar-refractivity contribution is 0.0443. The zero-order valence-corrected chi connectivity index (χ0v) is 14.6. The van der Waals surface area contributed by atoms with Crippen molar-refractivity contribution in [2.24, 2.45) is 0 Å². The number of carboxylic acids is 1. The highest BCUT2D eigenvalue weighted by atomic mass is 28.4. The third-order valence-electron chi connectivity index (χ3n) is 3.96. The number of carbonyl (C=O) groups excluding carboxylic acids is 2. The second-order valence-electron chi connectivity index (χ2n) is 5.19. The molecule has 0 amide bonds. The van der Waals surface area contributed by atoms with Gasteiger partial charge in [-0.3, -0.25) is 0 Å². The summed E-state index contributed by atoms with van der Waals surface area (Å²) in [4.78, 5) is 34.6. The Balaban J connectivity index is 2.24. The maximum absolute atomic E-state index is 11.6. The van der Waals surface area contributed by atoms with E-state index in [-0.39, 0.29) is 16.7 Å². The minimum absolute atomic E-state index is 0.0180. The van der Waals surface area contributed by atoms with Gasteiger partial charge in [0.05, 0.1) is 16.7 Å². The van der Waals surface area contributed by atoms with Gasteiger partial charge < -0.3 is 23.1 Å². The quantitative estimate of drug-likeness (QED) is 0.425. The summed E-state index contributed by atoms with van der Waals surface area (Å²) in [6.45, 7) is 0. The molecular weight excluding hydrogens is 336 g/mol. The second kappa shape index (κ2) is 7.22. The first kappa shape index (κ1) is 18.3. The highest BCUT2D eigenvalue weighted by molar-refractivity contribution is 6.60. The summed E-state index contributed by atoms with van der Waals surface area (Å²) < 4.78 is 20.5. The molecule has 1 aromatic carbocycles. The van der Waals surface area contributed by atoms with Crippen LogP contribution in [0, 0.1) is 0 Å². The van der Waals surface area contributed by atoms with E-state index in [9.17, 15) is 19.5 Å². The predicted molar refractivity (Wildman–Crippen MR) is 83.1 cm³/mol. The maximum atomic E-state index is 11.6. The van der Waals surface area contributed by atoms with Crippen LogP contribution in [0.15, 0.2) is 12.1 Å². The molecule has 8 nitrogen and oxygen atoms in total. The van der Waals surface area contributed by atoms with Gasteiger partial charge in [0, 0.05) is 27.4 Å². The van der Waals surface area contributed by atoms with Crippen LogP contribution in [0.3, 0.4) is 0 Å². The number of benzene rings is 1. The molecule has 0 radical (unpaired) electrons. The van der Waals surface area contributed by atoms with Gasteiger partial charge in [-0.05, 0) is 30.5 Å². The Bertz CT molecular complexity index is 672. The molecule has 2 rings (SSSR count). The lowest BCUT2D eigenvalue weighted by atomic mass is 9.96. The lowest BCUT2D eigenvalue weighted by Crippen LogP contribution is -2.42. The van der Waals surface area contributed by atoms with Crippen molar-refractivity contribution in [1.82, 2.24) is 0 Å². The van der Waals surface area contributed by atoms with E-state index in [0.29, 0.717) is 24.4 Å². The molecule has 0 aromatic heterocycles. The van der Waals surface area contributed by atoms with Gasteiger partial charge in [-0.2, -0.15) is 0 Å². The molecule has 0 fully saturated rings. The molecule has 9 heteroatoms. The van der Waals surface area contributed by atoms with Crippen molar-refractivity contribution in [1.29, 1.82) is 0 Å². The van der Waals surface area contributed by atoms with E-state index in [0.717, 1.165) is 0 Å². The fraction of sp³-hybridized carbons (Fsp3) is 0.400. The van der Waals surface area contributed by atoms with Crippen molar-refractivity contribution >= 4 is 26.7 Å². The number of carboxylic acid groups (broad SMARTS) is 1. The summed E-state index contributed by atoms with van der Waals surface area (Å²) in [6, 6.07) is 3.07. The van der Waals surface area contributed by atoms with Crippen LogP contribution < -0.4 is 0 Å². The largest absolute Gasteiger partial charge is 0.500 e. The second-order valence-corrected chi connectivity index (χ2v) is 8.28. The molecule has 0 bridgehead atoms. The van der Waals surface area contributed by atoms with Crippen molar-refractivity contribution in [3.8, 4) is 0 Å². The smallest absolute Gasteiger partial charge is 0.478 e. The molecular formula is C15H18O8Si. The Hall–Kier alpha value is -2.07. The van der Waals surface area contributed by atoms with Crippen molar-refractivity contribution in [2.45, 2.75) is 18.9 Å². The van der Waals surface area contributed by atoms with Gasteiger partial charge in [-0.15, -0.1) is 0 Å². The molecule has 1 aromatic rings. The fourth-order valence-electron chi connectivity index (χ4n) is 2.63. The molecule has 1 N–H and O–H groups in total. The molecule has 0 aliphatic carbocycles. The fourth-order valence-corrected chi connectivity index (χ4v) is 4.36. The van der Waals surface area contributed by atoms with Crippen LogP contribution in [0.2, 0.25) is 6.04 Å². The Morgan fingerprint density at radius 3 is 2.12 bits per heavy atom. The molecule has 1 heterocycles. The van der Waals surface area contributed by atoms with Gasteiger partial charge in [-0.1, -0.05) is 0 Å². The van der Waals surface area contributed by atoms with Gasteiger partial charge in [0.1, 0.15) is 0 Å². The molecule has 1 aliphatic heterocycles. The van der Waals surface area contributed by atoms with E-state index in [4.69, 9.17) is 13.3 Å². The highest BCUT2D eigenvalue weighted by Gasteiger charge is 2.37. The summed E-state index contributed by atoms with van der Waals surface area (Å²) in [5, 5.41) is 9.34. The summed E-state index contributed by atoms with van der Waals surface area (Å²) in [7, 11) is 1.74. The van der Waals surface area contributed by atoms with Crippen LogP contribution >= 0.6 is 0 Å². The molecule has 0 unspecified atom stereocenters. The first-order valence-corrected chi connectivity index (χ1v) is 9.13. The summed E-state index contributed by atoms with van der Waals surface area (Å²) >= 11 is 0. The number of esters is 2. The van der Waals surface area contributed by atoms with Gasteiger partial charge in [0.25, 0.3) is 0 Å². The topological polar surface area (TPSA) is 108 Å². The van der Waals surface area contributed by atoms with E-state index in [1.54, 1.807) is 0 Å². The summed E-state index contributed by atoms with van der Waals surface area (Å²) in [5.41, 5.74) is 0.489. The molecule has 0 saturated carbocycles. The number of carbonyl (C=O) groups is 3. The summed E-state index contributed by atoms with van der Waals surface area (Å²) in [6.07, 6.45) is 0.894. The Kier molecular flexibility index (Phi) is 5.50. The number of aromatic carboxylic acids is 1. The molecule has 0 atom stereocenters. The van der Waals surface area contributed by atoms with E-state index in [1.165, 1.54) is 33.5 Å². The van der Waals surface area contributed by atoms with Crippen molar-refractivity contribution in [3.05, 3.63) is 34.4 Å². The minimum atomic E-state index is -2.75. The average molecular weight is 354 g/mol. The van der Waals surface area contributed by atoms with Crippen molar-refractivity contribution < 1.29 is 37.5 Å². The van der Waals surface area contributed by atoms with Crippen LogP contribution in [-0.4, -0.2) is 53.1 Å². The Morgan fingerprint density at radius 2 is 1.62 bits per heavy atom. The molecule has 1 aliphatic rings. The van der Waals surface area contributed by atoms with Crippen LogP contribution in [0.4, 0.5) is 0 Å². The Morgan fingerprint density at radius 1 is 1.08 bits per heavy atom. The van der Waals surface area contributed by atoms with E-state index in [1.807, 2.05) is 0 Å². The third-order valence-corrected chi connectivity index (χ3v) is 6.79. The average Bonchev–Trinajstić information content (AvgIpc) is 2.85. The molecule has 0 saturated heterocycles. The lowest BCUT2D eigenvalue weighted by Gasteiger charge is -2.24. The number of rotatable bonds is 8. The van der Waals surface area contributed by atoms with Crippen molar-refractivity contribution in [2.75, 3.05) is 21.3 Å². The first-order valence-electron chi connectivity index (χ1n) is 7.19. The van der Waals surface area contributed by atoms with E-state index >= 15 is 0 Å². The number of ether oxygens (including phenoxy) is 1. The third kappa shape index (κ3) is 3.38. The van der Waals surface area contributed by atoms with E-state index < -0.39 is 26.7 Å². The zero-order chi connectivity index (χ0) is 17.9. The summed E-state index contributed by atoms with van der Waals surface area (Å²) in [5.74, 6) is -2.76. The SMILES string of the molecule is CO[Si](CCCc1cc2c(cc1C(=O)O)C(=O)OC2=O)(OC)OC. The zero-order valence-electron chi connectivity index (χ0n) is 13.6. The standard InChI is InChI=1S/C15H18O8Si/c1-20-24(21-2,22-3)6-4-5-9-7-11-12(8-10(9)13(16)17)15(19)23-14(11)18/h7-8H,4-6H2,1-3H3,(H,16,17). The van der Waals surface area contributed by atoms with Crippen molar-refractivity contribution in [3.63, 3.8) is 0 Å². The number of fused-ring (bicyclic) bond motifs is 1. The van der Waals surface area contributed by atoms with Gasteiger partial charge in [0.2, 0.25) is 0 Å². The molecule has 24 heavy (non-hydrogen) atoms. The van der Waals surface area contributed by atoms with Crippen LogP contribution in [-0.2, 0) is 24.4 Å². The Labute approximate surface area is 139 Å². The van der Waals surface area contributed by atoms with Gasteiger partial charge >= 0.3 is 26.7 Å². The normalized spacial score (nSPS) is 13.8. The number of hydrogen-bond acceptors (Lipinski definition) is 7. The minimum Gasteiger partial charge on any atom is -0.478 e. The predicted octanol–water partition coefficient (Wildman–Crippen LogP) is 1.51. The van der Waals surface area contributed by atoms with E-state index in [2.05, 4.69) is 4.74 Å². The number of cyclic esters (lactones) is 2. The maximum Gasteiger partial charge on any atom is 0.500 e. The first-order chi connectivity index (χ1) is 11.4. The number of hydrogen-bond donors (Lipinski definition) is 1. The van der Waals surface area contributed by atoms with Crippen LogP contribution in [0.25, 0.3) is 0 Å². The van der Waals surface area contributed by atoms with Gasteiger partial charge in [0.15, 0.2) is 0 Å². The highest BCUT2D eigenvalue weighted by Crippen LogP contribution is 2.26. The number of aryl methyl sites for hydroxylation is 1. The van der Waals surface area contributed by atoms with Gasteiger partial charge in [-0.25, -0.2) is 14.4 Å².